The van der Waals surface area contributed by atoms with Gasteiger partial charge >= 0.3 is 5.97 Å². The number of esters is 1. The smallest absolute Gasteiger partial charge is 0.327 e. The third-order valence-corrected chi connectivity index (χ3v) is 4.38. The largest absolute Gasteiger partial charge is 0.468 e. The van der Waals surface area contributed by atoms with E-state index in [-0.39, 0.29) is 11.9 Å². The van der Waals surface area contributed by atoms with Crippen molar-refractivity contribution >= 4 is 17.6 Å². The Morgan fingerprint density at radius 1 is 1.20 bits per heavy atom. The van der Waals surface area contributed by atoms with Crippen LogP contribution >= 0.6 is 0 Å². The summed E-state index contributed by atoms with van der Waals surface area (Å²) < 4.78 is 4.92. The lowest BCUT2D eigenvalue weighted by Crippen LogP contribution is -2.29. The molecule has 1 aliphatic heterocycles. The number of ether oxygens (including phenoxy) is 1. The summed E-state index contributed by atoms with van der Waals surface area (Å²) in [5, 5.41) is 3.25. The van der Waals surface area contributed by atoms with Gasteiger partial charge in [0.2, 0.25) is 5.91 Å². The number of hydrogen-bond acceptors (Lipinski definition) is 4. The van der Waals surface area contributed by atoms with E-state index < -0.39 is 6.04 Å². The zero-order chi connectivity index (χ0) is 17.6. The van der Waals surface area contributed by atoms with Gasteiger partial charge in [0.25, 0.3) is 0 Å². The number of hydrogen-bond donors (Lipinski definition) is 1. The standard InChI is InChI=1S/C20H22N2O3/c1-25-20(24)19(16-8-3-2-4-9-16)21-14-15-7-5-10-17(13-15)22-12-6-11-18(22)23/h2-5,7-10,13,19,21H,6,11-12,14H2,1H3. The van der Waals surface area contributed by atoms with Gasteiger partial charge in [-0.3, -0.25) is 10.1 Å². The molecule has 2 aromatic carbocycles. The van der Waals surface area contributed by atoms with Crippen LogP contribution in [0.1, 0.15) is 30.0 Å². The minimum atomic E-state index is -0.525. The number of nitrogens with zero attached hydrogens (tertiary/aromatic N) is 1. The van der Waals surface area contributed by atoms with Crippen LogP contribution in [0.15, 0.2) is 54.6 Å². The monoisotopic (exact) mass is 338 g/mol. The van der Waals surface area contributed by atoms with Crippen LogP contribution in [0.5, 0.6) is 0 Å². The third-order valence-electron chi connectivity index (χ3n) is 4.38. The van der Waals surface area contributed by atoms with Crippen molar-refractivity contribution in [1.29, 1.82) is 0 Å². The predicted molar refractivity (Wildman–Crippen MR) is 96.1 cm³/mol. The summed E-state index contributed by atoms with van der Waals surface area (Å²) in [7, 11) is 1.39. The molecule has 0 saturated carbocycles. The van der Waals surface area contributed by atoms with Crippen LogP contribution in [0.4, 0.5) is 5.69 Å². The molecule has 3 rings (SSSR count). The molecule has 5 nitrogen and oxygen atoms in total. The van der Waals surface area contributed by atoms with E-state index in [0.717, 1.165) is 29.8 Å². The van der Waals surface area contributed by atoms with Gasteiger partial charge in [-0.2, -0.15) is 0 Å². The Morgan fingerprint density at radius 3 is 2.68 bits per heavy atom. The van der Waals surface area contributed by atoms with Crippen LogP contribution in [-0.4, -0.2) is 25.5 Å². The molecular formula is C20H22N2O3. The summed E-state index contributed by atoms with van der Waals surface area (Å²) in [5.41, 5.74) is 2.79. The zero-order valence-electron chi connectivity index (χ0n) is 14.3. The van der Waals surface area contributed by atoms with Gasteiger partial charge in [0.15, 0.2) is 0 Å². The molecule has 5 heteroatoms. The Labute approximate surface area is 147 Å². The average molecular weight is 338 g/mol. The first-order chi connectivity index (χ1) is 12.2. The van der Waals surface area contributed by atoms with Crippen LogP contribution < -0.4 is 10.2 Å². The minimum Gasteiger partial charge on any atom is -0.468 e. The van der Waals surface area contributed by atoms with Gasteiger partial charge in [-0.25, -0.2) is 4.79 Å². The maximum Gasteiger partial charge on any atom is 0.327 e. The molecule has 2 aromatic rings. The second kappa shape index (κ2) is 7.94. The van der Waals surface area contributed by atoms with Crippen LogP contribution in [0, 0.1) is 0 Å². The van der Waals surface area contributed by atoms with Gasteiger partial charge in [-0.05, 0) is 29.7 Å². The van der Waals surface area contributed by atoms with Gasteiger partial charge in [0.1, 0.15) is 6.04 Å². The van der Waals surface area contributed by atoms with Crippen LogP contribution in [0.25, 0.3) is 0 Å². The number of carbonyl (C=O) groups is 2. The fraction of sp³-hybridized carbons (Fsp3) is 0.300. The van der Waals surface area contributed by atoms with E-state index in [1.807, 2.05) is 59.5 Å². The molecule has 1 amide bonds. The highest BCUT2D eigenvalue weighted by Gasteiger charge is 2.23. The number of anilines is 1. The van der Waals surface area contributed by atoms with E-state index in [2.05, 4.69) is 5.32 Å². The van der Waals surface area contributed by atoms with E-state index in [1.165, 1.54) is 7.11 Å². The first-order valence-corrected chi connectivity index (χ1v) is 8.44. The van der Waals surface area contributed by atoms with Crippen molar-refractivity contribution in [2.75, 3.05) is 18.6 Å². The van der Waals surface area contributed by atoms with Gasteiger partial charge in [0.05, 0.1) is 7.11 Å². The predicted octanol–water partition coefficient (Wildman–Crippen LogP) is 2.82. The highest BCUT2D eigenvalue weighted by atomic mass is 16.5. The van der Waals surface area contributed by atoms with E-state index in [9.17, 15) is 9.59 Å². The van der Waals surface area contributed by atoms with Crippen LogP contribution in [0.3, 0.4) is 0 Å². The van der Waals surface area contributed by atoms with Gasteiger partial charge in [-0.1, -0.05) is 42.5 Å². The summed E-state index contributed by atoms with van der Waals surface area (Å²) in [4.78, 5) is 25.8. The number of rotatable bonds is 6. The third kappa shape index (κ3) is 4.06. The Kier molecular flexibility index (Phi) is 5.46. The zero-order valence-corrected chi connectivity index (χ0v) is 14.3. The van der Waals surface area contributed by atoms with Crippen molar-refractivity contribution in [2.45, 2.75) is 25.4 Å². The van der Waals surface area contributed by atoms with E-state index in [0.29, 0.717) is 13.0 Å². The Hall–Kier alpha value is -2.66. The van der Waals surface area contributed by atoms with E-state index in [4.69, 9.17) is 4.74 Å². The second-order valence-corrected chi connectivity index (χ2v) is 6.07. The minimum absolute atomic E-state index is 0.168. The molecule has 25 heavy (non-hydrogen) atoms. The highest BCUT2D eigenvalue weighted by Crippen LogP contribution is 2.23. The fourth-order valence-electron chi connectivity index (χ4n) is 3.08. The first kappa shape index (κ1) is 17.2. The number of carbonyl (C=O) groups excluding carboxylic acids is 2. The quantitative estimate of drug-likeness (QED) is 0.823. The molecule has 130 valence electrons. The van der Waals surface area contributed by atoms with Crippen molar-refractivity contribution in [3.8, 4) is 0 Å². The molecule has 1 heterocycles. The van der Waals surface area contributed by atoms with E-state index in [1.54, 1.807) is 0 Å². The lowest BCUT2D eigenvalue weighted by Gasteiger charge is -2.19. The Morgan fingerprint density at radius 2 is 2.00 bits per heavy atom. The summed E-state index contributed by atoms with van der Waals surface area (Å²) in [5.74, 6) is -0.154. The lowest BCUT2D eigenvalue weighted by atomic mass is 10.1. The molecule has 0 aliphatic carbocycles. The molecular weight excluding hydrogens is 316 g/mol. The number of nitrogens with one attached hydrogen (secondary N) is 1. The first-order valence-electron chi connectivity index (χ1n) is 8.44. The number of methoxy groups -OCH3 is 1. The maximum atomic E-state index is 12.1. The molecule has 1 unspecified atom stereocenters. The summed E-state index contributed by atoms with van der Waals surface area (Å²) in [6.45, 7) is 1.27. The average Bonchev–Trinajstić information content (AvgIpc) is 3.09. The molecule has 1 atom stereocenters. The number of amides is 1. The van der Waals surface area contributed by atoms with Gasteiger partial charge < -0.3 is 9.64 Å². The van der Waals surface area contributed by atoms with Crippen molar-refractivity contribution in [2.24, 2.45) is 0 Å². The summed E-state index contributed by atoms with van der Waals surface area (Å²) in [6, 6.07) is 16.8. The van der Waals surface area contributed by atoms with Crippen molar-refractivity contribution < 1.29 is 14.3 Å². The Bertz CT molecular complexity index is 746. The normalized spacial score (nSPS) is 15.2. The molecule has 0 bridgehead atoms. The van der Waals surface area contributed by atoms with Crippen molar-refractivity contribution in [3.63, 3.8) is 0 Å². The molecule has 0 radical (unpaired) electrons. The lowest BCUT2D eigenvalue weighted by molar-refractivity contribution is -0.143. The SMILES string of the molecule is COC(=O)C(NCc1cccc(N2CCCC2=O)c1)c1ccccc1. The topological polar surface area (TPSA) is 58.6 Å². The molecule has 0 spiro atoms. The molecule has 1 fully saturated rings. The second-order valence-electron chi connectivity index (χ2n) is 6.07. The maximum absolute atomic E-state index is 12.1. The fourth-order valence-corrected chi connectivity index (χ4v) is 3.08. The highest BCUT2D eigenvalue weighted by molar-refractivity contribution is 5.95. The van der Waals surface area contributed by atoms with Crippen LogP contribution in [-0.2, 0) is 20.9 Å². The number of benzene rings is 2. The van der Waals surface area contributed by atoms with Crippen molar-refractivity contribution in [1.82, 2.24) is 5.32 Å². The molecule has 1 saturated heterocycles. The van der Waals surface area contributed by atoms with Gasteiger partial charge in [-0.15, -0.1) is 0 Å². The van der Waals surface area contributed by atoms with Crippen molar-refractivity contribution in [3.05, 3.63) is 65.7 Å². The Balaban J connectivity index is 1.73. The molecule has 1 N–H and O–H groups in total. The molecule has 1 aliphatic rings. The molecule has 0 aromatic heterocycles. The van der Waals surface area contributed by atoms with Crippen LogP contribution in [0.2, 0.25) is 0 Å². The summed E-state index contributed by atoms with van der Waals surface area (Å²) >= 11 is 0. The summed E-state index contributed by atoms with van der Waals surface area (Å²) in [6.07, 6.45) is 1.51. The van der Waals surface area contributed by atoms with Gasteiger partial charge in [0, 0.05) is 25.2 Å². The van der Waals surface area contributed by atoms with E-state index >= 15 is 0 Å².